The van der Waals surface area contributed by atoms with Crippen LogP contribution >= 0.6 is 0 Å². The Balaban J connectivity index is 1.69. The first kappa shape index (κ1) is 21.1. The summed E-state index contributed by atoms with van der Waals surface area (Å²) in [5.74, 6) is 0.835. The van der Waals surface area contributed by atoms with Gasteiger partial charge in [0.2, 0.25) is 0 Å². The van der Waals surface area contributed by atoms with Gasteiger partial charge >= 0.3 is 0 Å². The summed E-state index contributed by atoms with van der Waals surface area (Å²) in [5.41, 5.74) is 11.2. The lowest BCUT2D eigenvalue weighted by molar-refractivity contribution is 0.414. The summed E-state index contributed by atoms with van der Waals surface area (Å²) in [5, 5.41) is 3.36. The van der Waals surface area contributed by atoms with Crippen LogP contribution in [0.3, 0.4) is 0 Å². The monoisotopic (exact) mass is 443 g/mol. The lowest BCUT2D eigenvalue weighted by atomic mass is 9.94. The number of H-pyrrole nitrogens is 1. The minimum atomic E-state index is -0.213. The van der Waals surface area contributed by atoms with Crippen molar-refractivity contribution in [1.82, 2.24) is 14.6 Å². The molecule has 33 heavy (non-hydrogen) atoms. The Morgan fingerprint density at radius 2 is 1.73 bits per heavy atom. The molecule has 2 aromatic heterocycles. The highest BCUT2D eigenvalue weighted by Crippen LogP contribution is 2.36. The number of methoxy groups -OCH3 is 1. The predicted octanol–water partition coefficient (Wildman–Crippen LogP) is 4.42. The van der Waals surface area contributed by atoms with Crippen molar-refractivity contribution in [2.24, 2.45) is 0 Å². The van der Waals surface area contributed by atoms with E-state index in [1.54, 1.807) is 11.6 Å². The van der Waals surface area contributed by atoms with Crippen LogP contribution in [0, 0.1) is 0 Å². The SMILES string of the molecule is COc1ccc(C(C)c2c(N)nc3c(N4CCCCC4)c(-c4ccccc4)[nH]n3c2=O)cc1. The van der Waals surface area contributed by atoms with Crippen LogP contribution in [0.25, 0.3) is 16.9 Å². The molecule has 0 radical (unpaired) electrons. The summed E-state index contributed by atoms with van der Waals surface area (Å²) in [6, 6.07) is 17.8. The van der Waals surface area contributed by atoms with Crippen LogP contribution < -0.4 is 20.9 Å². The van der Waals surface area contributed by atoms with E-state index >= 15 is 0 Å². The first-order chi connectivity index (χ1) is 16.1. The number of nitrogen functional groups attached to an aromatic ring is 1. The molecule has 5 rings (SSSR count). The van der Waals surface area contributed by atoms with Crippen LogP contribution in [-0.4, -0.2) is 34.8 Å². The normalized spacial score (nSPS) is 15.0. The summed E-state index contributed by atoms with van der Waals surface area (Å²) in [7, 11) is 1.64. The van der Waals surface area contributed by atoms with Crippen molar-refractivity contribution >= 4 is 17.2 Å². The van der Waals surface area contributed by atoms with Gasteiger partial charge in [-0.05, 0) is 37.0 Å². The number of hydrogen-bond acceptors (Lipinski definition) is 5. The van der Waals surface area contributed by atoms with Gasteiger partial charge in [-0.3, -0.25) is 9.89 Å². The third kappa shape index (κ3) is 3.73. The molecule has 0 amide bonds. The van der Waals surface area contributed by atoms with Crippen LogP contribution in [0.2, 0.25) is 0 Å². The highest BCUT2D eigenvalue weighted by molar-refractivity contribution is 5.86. The number of piperidine rings is 1. The number of nitrogens with zero attached hydrogens (tertiary/aromatic N) is 3. The third-order valence-corrected chi connectivity index (χ3v) is 6.60. The highest BCUT2D eigenvalue weighted by Gasteiger charge is 2.26. The molecule has 0 spiro atoms. The summed E-state index contributed by atoms with van der Waals surface area (Å²) >= 11 is 0. The molecule has 7 nitrogen and oxygen atoms in total. The number of aromatic nitrogens is 3. The number of rotatable bonds is 5. The maximum absolute atomic E-state index is 13.7. The fourth-order valence-corrected chi connectivity index (χ4v) is 4.78. The van der Waals surface area contributed by atoms with Gasteiger partial charge in [0.05, 0.1) is 18.4 Å². The Morgan fingerprint density at radius 3 is 2.39 bits per heavy atom. The zero-order valence-corrected chi connectivity index (χ0v) is 19.0. The van der Waals surface area contributed by atoms with Crippen molar-refractivity contribution in [3.8, 4) is 17.0 Å². The largest absolute Gasteiger partial charge is 0.497 e. The molecule has 1 unspecified atom stereocenters. The van der Waals surface area contributed by atoms with E-state index in [-0.39, 0.29) is 17.3 Å². The molecule has 7 heteroatoms. The molecule has 1 aliphatic rings. The Labute approximate surface area is 192 Å². The Kier molecular flexibility index (Phi) is 5.54. The standard InChI is InChI=1S/C26H29N5O2/c1-17(18-11-13-20(33-2)14-12-18)21-24(27)28-25-23(30-15-7-4-8-16-30)22(29-31(25)26(21)32)19-9-5-3-6-10-19/h3,5-6,9-14,17,29H,4,7-8,15-16,27H2,1-2H3. The van der Waals surface area contributed by atoms with Gasteiger partial charge in [-0.25, -0.2) is 4.98 Å². The van der Waals surface area contributed by atoms with Crippen molar-refractivity contribution in [1.29, 1.82) is 0 Å². The number of nitrogens with two attached hydrogens (primary N) is 1. The van der Waals surface area contributed by atoms with E-state index in [1.807, 2.05) is 61.5 Å². The molecule has 3 N–H and O–H groups in total. The highest BCUT2D eigenvalue weighted by atomic mass is 16.5. The van der Waals surface area contributed by atoms with Gasteiger partial charge in [-0.2, -0.15) is 4.52 Å². The lowest BCUT2D eigenvalue weighted by Crippen LogP contribution is -2.30. The van der Waals surface area contributed by atoms with Crippen molar-refractivity contribution in [2.75, 3.05) is 30.8 Å². The molecule has 0 bridgehead atoms. The fraction of sp³-hybridized carbons (Fsp3) is 0.308. The minimum Gasteiger partial charge on any atom is -0.497 e. The van der Waals surface area contributed by atoms with Gasteiger partial charge in [0.15, 0.2) is 5.65 Å². The number of anilines is 2. The van der Waals surface area contributed by atoms with E-state index in [9.17, 15) is 4.79 Å². The quantitative estimate of drug-likeness (QED) is 0.477. The van der Waals surface area contributed by atoms with Crippen LogP contribution in [0.5, 0.6) is 5.75 Å². The van der Waals surface area contributed by atoms with Crippen molar-refractivity contribution in [2.45, 2.75) is 32.1 Å². The number of nitrogens with one attached hydrogen (secondary N) is 1. The lowest BCUT2D eigenvalue weighted by Gasteiger charge is -2.28. The zero-order chi connectivity index (χ0) is 22.9. The molecular formula is C26H29N5O2. The van der Waals surface area contributed by atoms with E-state index in [1.165, 1.54) is 6.42 Å². The molecule has 1 saturated heterocycles. The molecule has 1 aliphatic heterocycles. The van der Waals surface area contributed by atoms with E-state index in [2.05, 4.69) is 10.00 Å². The van der Waals surface area contributed by atoms with Gasteiger partial charge in [0.25, 0.3) is 5.56 Å². The second kappa shape index (κ2) is 8.65. The fourth-order valence-electron chi connectivity index (χ4n) is 4.78. The van der Waals surface area contributed by atoms with Crippen LogP contribution in [0.4, 0.5) is 11.5 Å². The molecule has 1 fully saturated rings. The molecule has 0 saturated carbocycles. The molecule has 170 valence electrons. The summed E-state index contributed by atoms with van der Waals surface area (Å²) < 4.78 is 6.83. The van der Waals surface area contributed by atoms with Crippen molar-refractivity contribution in [3.63, 3.8) is 0 Å². The van der Waals surface area contributed by atoms with E-state index in [0.29, 0.717) is 11.2 Å². The number of aromatic amines is 1. The molecule has 2 aromatic carbocycles. The predicted molar refractivity (Wildman–Crippen MR) is 132 cm³/mol. The Hall–Kier alpha value is -3.74. The molecular weight excluding hydrogens is 414 g/mol. The maximum Gasteiger partial charge on any atom is 0.278 e. The smallest absolute Gasteiger partial charge is 0.278 e. The Bertz CT molecular complexity index is 1320. The van der Waals surface area contributed by atoms with Gasteiger partial charge < -0.3 is 15.4 Å². The van der Waals surface area contributed by atoms with E-state index in [4.69, 9.17) is 15.5 Å². The molecule has 3 heterocycles. The van der Waals surface area contributed by atoms with Gasteiger partial charge in [0, 0.05) is 24.6 Å². The number of ether oxygens (including phenoxy) is 1. The minimum absolute atomic E-state index is 0.166. The molecule has 0 aliphatic carbocycles. The van der Waals surface area contributed by atoms with Gasteiger partial charge in [-0.1, -0.05) is 49.4 Å². The number of hydrogen-bond donors (Lipinski definition) is 2. The van der Waals surface area contributed by atoms with E-state index in [0.717, 1.165) is 54.2 Å². The second-order valence-electron chi connectivity index (χ2n) is 8.62. The van der Waals surface area contributed by atoms with Gasteiger partial charge in [0.1, 0.15) is 17.3 Å². The van der Waals surface area contributed by atoms with Gasteiger partial charge in [-0.15, -0.1) is 0 Å². The second-order valence-corrected chi connectivity index (χ2v) is 8.62. The zero-order valence-electron chi connectivity index (χ0n) is 19.0. The van der Waals surface area contributed by atoms with Crippen LogP contribution in [0.15, 0.2) is 59.4 Å². The summed E-state index contributed by atoms with van der Waals surface area (Å²) in [6.45, 7) is 3.86. The van der Waals surface area contributed by atoms with Crippen LogP contribution in [0.1, 0.15) is 43.2 Å². The average molecular weight is 444 g/mol. The van der Waals surface area contributed by atoms with Crippen molar-refractivity contribution < 1.29 is 4.74 Å². The first-order valence-corrected chi connectivity index (χ1v) is 11.5. The Morgan fingerprint density at radius 1 is 1.03 bits per heavy atom. The van der Waals surface area contributed by atoms with Crippen molar-refractivity contribution in [3.05, 3.63) is 76.1 Å². The molecule has 1 atom stereocenters. The van der Waals surface area contributed by atoms with E-state index < -0.39 is 0 Å². The topological polar surface area (TPSA) is 88.7 Å². The number of benzene rings is 2. The average Bonchev–Trinajstić information content (AvgIpc) is 3.24. The molecule has 4 aromatic rings. The first-order valence-electron chi connectivity index (χ1n) is 11.5. The number of fused-ring (bicyclic) bond motifs is 1. The summed E-state index contributed by atoms with van der Waals surface area (Å²) in [4.78, 5) is 20.8. The summed E-state index contributed by atoms with van der Waals surface area (Å²) in [6.07, 6.45) is 3.47. The van der Waals surface area contributed by atoms with Crippen LogP contribution in [-0.2, 0) is 0 Å². The maximum atomic E-state index is 13.7. The third-order valence-electron chi connectivity index (χ3n) is 6.60.